The van der Waals surface area contributed by atoms with Crippen LogP contribution in [0.25, 0.3) is 0 Å². The van der Waals surface area contributed by atoms with Crippen molar-refractivity contribution in [1.29, 1.82) is 0 Å². The molecule has 1 aromatic carbocycles. The minimum absolute atomic E-state index is 0.0413. The van der Waals surface area contributed by atoms with E-state index in [4.69, 9.17) is 29.2 Å². The van der Waals surface area contributed by atoms with Crippen molar-refractivity contribution in [3.63, 3.8) is 0 Å². The van der Waals surface area contributed by atoms with Crippen LogP contribution in [0.3, 0.4) is 0 Å². The highest BCUT2D eigenvalue weighted by Crippen LogP contribution is 2.22. The molecule has 2 rings (SSSR count). The number of hydrogen-bond acceptors (Lipinski definition) is 8. The fourth-order valence-corrected chi connectivity index (χ4v) is 2.82. The molecule has 1 heterocycles. The third kappa shape index (κ3) is 16.3. The molecular formula is C25H44N2O8. The van der Waals surface area contributed by atoms with Crippen LogP contribution in [-0.4, -0.2) is 88.1 Å². The number of benzene rings is 1. The number of ether oxygens (including phenoxy) is 4. The maximum absolute atomic E-state index is 12.1. The van der Waals surface area contributed by atoms with E-state index in [1.54, 1.807) is 12.1 Å². The highest BCUT2D eigenvalue weighted by atomic mass is 16.5. The molecule has 10 nitrogen and oxygen atoms in total. The molecule has 1 saturated heterocycles. The molecule has 1 aromatic rings. The van der Waals surface area contributed by atoms with Gasteiger partial charge in [0.1, 0.15) is 5.92 Å². The Morgan fingerprint density at radius 2 is 1.31 bits per heavy atom. The summed E-state index contributed by atoms with van der Waals surface area (Å²) in [6.07, 6.45) is 2.51. The van der Waals surface area contributed by atoms with Crippen molar-refractivity contribution in [2.75, 3.05) is 71.1 Å². The van der Waals surface area contributed by atoms with Gasteiger partial charge in [-0.15, -0.1) is 0 Å². The average molecular weight is 501 g/mol. The van der Waals surface area contributed by atoms with Gasteiger partial charge in [-0.25, -0.2) is 5.01 Å². The number of rotatable bonds is 16. The van der Waals surface area contributed by atoms with Crippen LogP contribution in [-0.2, 0) is 28.5 Å². The first-order valence-electron chi connectivity index (χ1n) is 12.3. The fraction of sp³-hybridized carbons (Fsp3) is 0.680. The minimum atomic E-state index is -0.518. The van der Waals surface area contributed by atoms with Crippen molar-refractivity contribution < 1.29 is 38.7 Å². The molecule has 1 aliphatic rings. The average Bonchev–Trinajstić information content (AvgIpc) is 3.16. The summed E-state index contributed by atoms with van der Waals surface area (Å²) < 4.78 is 19.9. The fourth-order valence-electron chi connectivity index (χ4n) is 2.82. The second-order valence-corrected chi connectivity index (χ2v) is 7.25. The summed E-state index contributed by atoms with van der Waals surface area (Å²) in [5, 5.41) is 18.1. The number of carbonyl (C=O) groups excluding carboxylic acids is 2. The van der Waals surface area contributed by atoms with E-state index < -0.39 is 5.92 Å². The molecular weight excluding hydrogens is 456 g/mol. The summed E-state index contributed by atoms with van der Waals surface area (Å²) >= 11 is 0. The third-order valence-electron chi connectivity index (χ3n) is 4.54. The van der Waals surface area contributed by atoms with Crippen molar-refractivity contribution in [2.45, 2.75) is 40.0 Å². The number of para-hydroxylation sites is 1. The smallest absolute Gasteiger partial charge is 0.258 e. The van der Waals surface area contributed by atoms with Gasteiger partial charge in [0.15, 0.2) is 0 Å². The minimum Gasteiger partial charge on any atom is -0.394 e. The van der Waals surface area contributed by atoms with Gasteiger partial charge in [-0.1, -0.05) is 38.0 Å². The van der Waals surface area contributed by atoms with E-state index >= 15 is 0 Å². The Kier molecular flexibility index (Phi) is 22.2. The van der Waals surface area contributed by atoms with Gasteiger partial charge in [0.2, 0.25) is 0 Å². The largest absolute Gasteiger partial charge is 0.394 e. The summed E-state index contributed by atoms with van der Waals surface area (Å²) in [5.41, 5.74) is 3.34. The van der Waals surface area contributed by atoms with Gasteiger partial charge in [-0.05, 0) is 32.4 Å². The van der Waals surface area contributed by atoms with E-state index in [-0.39, 0.29) is 25.0 Å². The zero-order chi connectivity index (χ0) is 26.2. The summed E-state index contributed by atoms with van der Waals surface area (Å²) in [7, 11) is 0. The van der Waals surface area contributed by atoms with Crippen LogP contribution >= 0.6 is 0 Å². The molecule has 0 aliphatic carbocycles. The number of amides is 2. The van der Waals surface area contributed by atoms with Gasteiger partial charge >= 0.3 is 0 Å². The Labute approximate surface area is 209 Å². The lowest BCUT2D eigenvalue weighted by Gasteiger charge is -2.14. The van der Waals surface area contributed by atoms with E-state index in [0.717, 1.165) is 26.1 Å². The number of nitrogens with one attached hydrogen (secondary N) is 1. The standard InChI is InChI=1S/C13H16N2O2.C8H18O5.C4H10O/c1-2-3-9-11-12(16)14-15(13(11)17)10-7-5-4-6-8-10;9-1-3-11-5-7-13-8-6-12-4-2-10;1-3-5-4-2/h4-8,11H,2-3,9H2,1H3,(H,14,16);9-10H,1-8H2;3-4H2,1-2H3. The first-order valence-corrected chi connectivity index (χ1v) is 12.3. The van der Waals surface area contributed by atoms with Crippen molar-refractivity contribution in [1.82, 2.24) is 5.43 Å². The summed E-state index contributed by atoms with van der Waals surface area (Å²) in [6.45, 7) is 10.5. The van der Waals surface area contributed by atoms with Crippen molar-refractivity contribution in [3.8, 4) is 0 Å². The zero-order valence-electron chi connectivity index (χ0n) is 21.4. The first kappa shape index (κ1) is 32.9. The summed E-state index contributed by atoms with van der Waals surface area (Å²) in [6, 6.07) is 9.17. The molecule has 0 saturated carbocycles. The van der Waals surface area contributed by atoms with Crippen LogP contribution in [0.1, 0.15) is 40.0 Å². The number of hydrogen-bond donors (Lipinski definition) is 3. The molecule has 1 unspecified atom stereocenters. The van der Waals surface area contributed by atoms with Crippen molar-refractivity contribution in [2.24, 2.45) is 5.92 Å². The molecule has 1 aliphatic heterocycles. The number of nitrogens with zero attached hydrogens (tertiary/aromatic N) is 1. The second-order valence-electron chi connectivity index (χ2n) is 7.25. The molecule has 0 spiro atoms. The molecule has 0 bridgehead atoms. The Morgan fingerprint density at radius 1 is 0.800 bits per heavy atom. The molecule has 0 radical (unpaired) electrons. The maximum Gasteiger partial charge on any atom is 0.258 e. The number of aliphatic hydroxyl groups is 2. The molecule has 0 aromatic heterocycles. The van der Waals surface area contributed by atoms with Crippen LogP contribution in [0.4, 0.5) is 5.69 Å². The van der Waals surface area contributed by atoms with Gasteiger partial charge in [-0.3, -0.25) is 15.0 Å². The lowest BCUT2D eigenvalue weighted by molar-refractivity contribution is -0.127. The topological polar surface area (TPSA) is 127 Å². The summed E-state index contributed by atoms with van der Waals surface area (Å²) in [5.74, 6) is -0.850. The zero-order valence-corrected chi connectivity index (χ0v) is 21.4. The molecule has 1 fully saturated rings. The Bertz CT molecular complexity index is 621. The van der Waals surface area contributed by atoms with Gasteiger partial charge < -0.3 is 29.2 Å². The van der Waals surface area contributed by atoms with Crippen molar-refractivity contribution >= 4 is 17.5 Å². The van der Waals surface area contributed by atoms with E-state index in [9.17, 15) is 9.59 Å². The number of anilines is 1. The number of carbonyl (C=O) groups is 2. The number of aliphatic hydroxyl groups excluding tert-OH is 2. The number of unbranched alkanes of at least 4 members (excludes halogenated alkanes) is 1. The maximum atomic E-state index is 12.1. The monoisotopic (exact) mass is 500 g/mol. The Balaban J connectivity index is 0.000000571. The van der Waals surface area contributed by atoms with E-state index in [0.29, 0.717) is 51.7 Å². The highest BCUT2D eigenvalue weighted by Gasteiger charge is 2.39. The van der Waals surface area contributed by atoms with E-state index in [1.807, 2.05) is 39.0 Å². The van der Waals surface area contributed by atoms with Gasteiger partial charge in [0, 0.05) is 13.2 Å². The predicted molar refractivity (Wildman–Crippen MR) is 134 cm³/mol. The number of hydrazine groups is 1. The third-order valence-corrected chi connectivity index (χ3v) is 4.54. The normalized spacial score (nSPS) is 14.7. The lowest BCUT2D eigenvalue weighted by Crippen LogP contribution is -2.35. The predicted octanol–water partition coefficient (Wildman–Crippen LogP) is 1.93. The molecule has 10 heteroatoms. The second kappa shape index (κ2) is 23.7. The van der Waals surface area contributed by atoms with E-state index in [1.165, 1.54) is 5.01 Å². The SMILES string of the molecule is CCCCC1C(=O)NN(c2ccccc2)C1=O.CCOCC.OCCOCCOCCOCCO. The highest BCUT2D eigenvalue weighted by molar-refractivity contribution is 6.14. The Hall–Kier alpha value is -2.08. The molecule has 2 amide bonds. The van der Waals surface area contributed by atoms with E-state index in [2.05, 4.69) is 5.43 Å². The van der Waals surface area contributed by atoms with Crippen LogP contribution in [0.15, 0.2) is 30.3 Å². The van der Waals surface area contributed by atoms with Gasteiger partial charge in [0.25, 0.3) is 11.8 Å². The molecule has 3 N–H and O–H groups in total. The van der Waals surface area contributed by atoms with Crippen molar-refractivity contribution in [3.05, 3.63) is 30.3 Å². The quantitative estimate of drug-likeness (QED) is 0.232. The van der Waals surface area contributed by atoms with Gasteiger partial charge in [0.05, 0.1) is 58.5 Å². The first-order chi connectivity index (χ1) is 17.1. The van der Waals surface area contributed by atoms with Crippen LogP contribution in [0.5, 0.6) is 0 Å². The Morgan fingerprint density at radius 3 is 1.74 bits per heavy atom. The van der Waals surface area contributed by atoms with Crippen LogP contribution < -0.4 is 10.4 Å². The molecule has 35 heavy (non-hydrogen) atoms. The van der Waals surface area contributed by atoms with Crippen LogP contribution in [0.2, 0.25) is 0 Å². The summed E-state index contributed by atoms with van der Waals surface area (Å²) in [4.78, 5) is 23.8. The molecule has 1 atom stereocenters. The molecule has 202 valence electrons. The van der Waals surface area contributed by atoms with Crippen LogP contribution in [0, 0.1) is 5.92 Å². The lowest BCUT2D eigenvalue weighted by atomic mass is 10.0. The van der Waals surface area contributed by atoms with Gasteiger partial charge in [-0.2, -0.15) is 0 Å².